The van der Waals surface area contributed by atoms with Crippen molar-refractivity contribution in [3.63, 3.8) is 0 Å². The Morgan fingerprint density at radius 3 is 2.35 bits per heavy atom. The van der Waals surface area contributed by atoms with Crippen molar-refractivity contribution in [2.24, 2.45) is 5.14 Å². The lowest BCUT2D eigenvalue weighted by molar-refractivity contribution is 0.0501. The highest BCUT2D eigenvalue weighted by Crippen LogP contribution is 2.18. The molecule has 6 nitrogen and oxygen atoms in total. The number of amides is 1. The van der Waals surface area contributed by atoms with E-state index in [1.54, 1.807) is 0 Å². The van der Waals surface area contributed by atoms with Crippen LogP contribution >= 0.6 is 0 Å². The van der Waals surface area contributed by atoms with Gasteiger partial charge in [0, 0.05) is 31.2 Å². The zero-order valence-corrected chi connectivity index (χ0v) is 15.5. The van der Waals surface area contributed by atoms with Gasteiger partial charge in [-0.2, -0.15) is 0 Å². The molecule has 2 aromatic rings. The molecule has 7 heteroatoms. The molecule has 1 atom stereocenters. The average molecular weight is 373 g/mol. The third kappa shape index (κ3) is 4.30. The Kier molecular flexibility index (Phi) is 5.41. The summed E-state index contributed by atoms with van der Waals surface area (Å²) < 4.78 is 22.8. The maximum absolute atomic E-state index is 13.0. The van der Waals surface area contributed by atoms with Gasteiger partial charge in [-0.1, -0.05) is 30.3 Å². The zero-order valence-electron chi connectivity index (χ0n) is 14.7. The summed E-state index contributed by atoms with van der Waals surface area (Å²) in [4.78, 5) is 17.1. The number of nitrogens with zero attached hydrogens (tertiary/aromatic N) is 2. The molecule has 3 rings (SSSR count). The number of sulfonamides is 1. The minimum atomic E-state index is -3.76. The van der Waals surface area contributed by atoms with Gasteiger partial charge < -0.3 is 9.80 Å². The van der Waals surface area contributed by atoms with E-state index in [1.807, 2.05) is 23.1 Å². The summed E-state index contributed by atoms with van der Waals surface area (Å²) in [6, 6.07) is 16.0. The van der Waals surface area contributed by atoms with Crippen molar-refractivity contribution >= 4 is 15.9 Å². The number of piperazine rings is 1. The lowest BCUT2D eigenvalue weighted by atomic mass is 10.0. The first kappa shape index (κ1) is 18.6. The fraction of sp³-hybridized carbons (Fsp3) is 0.316. The summed E-state index contributed by atoms with van der Waals surface area (Å²) in [6.45, 7) is 2.26. The van der Waals surface area contributed by atoms with E-state index in [2.05, 4.69) is 24.1 Å². The van der Waals surface area contributed by atoms with Gasteiger partial charge in [0.2, 0.25) is 10.0 Å². The Hall–Kier alpha value is -2.22. The molecule has 1 heterocycles. The molecule has 1 amide bonds. The molecule has 1 aliphatic rings. The second-order valence-corrected chi connectivity index (χ2v) is 8.24. The quantitative estimate of drug-likeness (QED) is 0.876. The number of hydrogen-bond donors (Lipinski definition) is 1. The van der Waals surface area contributed by atoms with E-state index < -0.39 is 10.0 Å². The number of nitrogens with two attached hydrogens (primary N) is 1. The summed E-state index contributed by atoms with van der Waals surface area (Å²) in [5.41, 5.74) is 1.66. The van der Waals surface area contributed by atoms with E-state index in [-0.39, 0.29) is 16.8 Å². The Labute approximate surface area is 154 Å². The molecule has 2 aromatic carbocycles. The Balaban J connectivity index is 1.81. The monoisotopic (exact) mass is 373 g/mol. The number of carbonyl (C=O) groups excluding carboxylic acids is 1. The van der Waals surface area contributed by atoms with Crippen molar-refractivity contribution in [2.45, 2.75) is 17.4 Å². The number of benzene rings is 2. The molecule has 0 aromatic heterocycles. The summed E-state index contributed by atoms with van der Waals surface area (Å²) in [5, 5.41) is 5.12. The SMILES string of the molecule is CN1CCN(C(=O)c2ccc(S(N)(=O)=O)cc2)[C@H](Cc2ccccc2)C1. The molecular weight excluding hydrogens is 350 g/mol. The van der Waals surface area contributed by atoms with Crippen LogP contribution in [0, 0.1) is 0 Å². The normalized spacial score (nSPS) is 18.7. The highest BCUT2D eigenvalue weighted by atomic mass is 32.2. The highest BCUT2D eigenvalue weighted by molar-refractivity contribution is 7.89. The molecule has 0 spiro atoms. The second kappa shape index (κ2) is 7.57. The third-order valence-electron chi connectivity index (χ3n) is 4.69. The molecule has 2 N–H and O–H groups in total. The van der Waals surface area contributed by atoms with Gasteiger partial charge in [0.25, 0.3) is 5.91 Å². The van der Waals surface area contributed by atoms with Crippen LogP contribution in [0.2, 0.25) is 0 Å². The first-order valence-electron chi connectivity index (χ1n) is 8.51. The molecule has 1 saturated heterocycles. The van der Waals surface area contributed by atoms with E-state index in [4.69, 9.17) is 5.14 Å². The minimum Gasteiger partial charge on any atom is -0.333 e. The molecule has 0 bridgehead atoms. The number of hydrogen-bond acceptors (Lipinski definition) is 4. The van der Waals surface area contributed by atoms with Crippen molar-refractivity contribution < 1.29 is 13.2 Å². The fourth-order valence-electron chi connectivity index (χ4n) is 3.29. The van der Waals surface area contributed by atoms with Crippen LogP contribution in [0.5, 0.6) is 0 Å². The van der Waals surface area contributed by atoms with Gasteiger partial charge in [0.15, 0.2) is 0 Å². The summed E-state index contributed by atoms with van der Waals surface area (Å²) in [5.74, 6) is -0.0833. The minimum absolute atomic E-state index is 0.00765. The van der Waals surface area contributed by atoms with E-state index in [0.717, 1.165) is 19.5 Å². The maximum Gasteiger partial charge on any atom is 0.254 e. The Morgan fingerprint density at radius 2 is 1.73 bits per heavy atom. The van der Waals surface area contributed by atoms with E-state index in [9.17, 15) is 13.2 Å². The lowest BCUT2D eigenvalue weighted by Crippen LogP contribution is -2.54. The standard InChI is InChI=1S/C19H23N3O3S/c1-21-11-12-22(17(14-21)13-15-5-3-2-4-6-15)19(23)16-7-9-18(10-8-16)26(20,24)25/h2-10,17H,11-14H2,1H3,(H2,20,24,25)/t17-/m1/s1. The van der Waals surface area contributed by atoms with Crippen LogP contribution < -0.4 is 5.14 Å². The van der Waals surface area contributed by atoms with Gasteiger partial charge in [-0.05, 0) is 43.3 Å². The molecule has 0 aliphatic carbocycles. The smallest absolute Gasteiger partial charge is 0.254 e. The maximum atomic E-state index is 13.0. The predicted octanol–water partition coefficient (Wildman–Crippen LogP) is 1.33. The largest absolute Gasteiger partial charge is 0.333 e. The number of primary sulfonamides is 1. The molecule has 0 radical (unpaired) electrons. The zero-order chi connectivity index (χ0) is 18.7. The lowest BCUT2D eigenvalue weighted by Gasteiger charge is -2.40. The Morgan fingerprint density at radius 1 is 1.08 bits per heavy atom. The number of rotatable bonds is 4. The van der Waals surface area contributed by atoms with E-state index in [1.165, 1.54) is 29.8 Å². The predicted molar refractivity (Wildman–Crippen MR) is 100 cm³/mol. The number of carbonyl (C=O) groups is 1. The van der Waals surface area contributed by atoms with E-state index in [0.29, 0.717) is 12.1 Å². The summed E-state index contributed by atoms with van der Waals surface area (Å²) >= 11 is 0. The van der Waals surface area contributed by atoms with Crippen LogP contribution in [0.3, 0.4) is 0 Å². The van der Waals surface area contributed by atoms with Crippen LogP contribution in [0.4, 0.5) is 0 Å². The second-order valence-electron chi connectivity index (χ2n) is 6.67. The molecule has 0 saturated carbocycles. The van der Waals surface area contributed by atoms with E-state index >= 15 is 0 Å². The Bertz CT molecular complexity index is 867. The van der Waals surface area contributed by atoms with Crippen molar-refractivity contribution in [3.8, 4) is 0 Å². The molecule has 1 aliphatic heterocycles. The van der Waals surface area contributed by atoms with Gasteiger partial charge in [-0.25, -0.2) is 13.6 Å². The van der Waals surface area contributed by atoms with Crippen LogP contribution in [-0.2, 0) is 16.4 Å². The van der Waals surface area contributed by atoms with Crippen LogP contribution in [0.25, 0.3) is 0 Å². The molecular formula is C19H23N3O3S. The van der Waals surface area contributed by atoms with Gasteiger partial charge >= 0.3 is 0 Å². The van der Waals surface area contributed by atoms with Crippen molar-refractivity contribution in [3.05, 3.63) is 65.7 Å². The van der Waals surface area contributed by atoms with Gasteiger partial charge in [-0.3, -0.25) is 4.79 Å². The molecule has 26 heavy (non-hydrogen) atoms. The summed E-state index contributed by atoms with van der Waals surface area (Å²) in [7, 11) is -1.70. The van der Waals surface area contributed by atoms with Crippen molar-refractivity contribution in [1.29, 1.82) is 0 Å². The third-order valence-corrected chi connectivity index (χ3v) is 5.62. The van der Waals surface area contributed by atoms with Crippen molar-refractivity contribution in [1.82, 2.24) is 9.80 Å². The summed E-state index contributed by atoms with van der Waals surface area (Å²) in [6.07, 6.45) is 0.784. The first-order chi connectivity index (χ1) is 12.3. The van der Waals surface area contributed by atoms with Gasteiger partial charge in [0.05, 0.1) is 4.90 Å². The van der Waals surface area contributed by atoms with Gasteiger partial charge in [-0.15, -0.1) is 0 Å². The highest BCUT2D eigenvalue weighted by Gasteiger charge is 2.29. The molecule has 0 unspecified atom stereocenters. The molecule has 1 fully saturated rings. The van der Waals surface area contributed by atoms with Crippen LogP contribution in [0.1, 0.15) is 15.9 Å². The molecule has 138 valence electrons. The first-order valence-corrected chi connectivity index (χ1v) is 10.1. The van der Waals surface area contributed by atoms with Crippen LogP contribution in [0.15, 0.2) is 59.5 Å². The van der Waals surface area contributed by atoms with Gasteiger partial charge in [0.1, 0.15) is 0 Å². The average Bonchev–Trinajstić information content (AvgIpc) is 2.62. The number of likely N-dealkylation sites (N-methyl/N-ethyl adjacent to an activating group) is 1. The van der Waals surface area contributed by atoms with Crippen LogP contribution in [-0.4, -0.2) is 56.8 Å². The topological polar surface area (TPSA) is 83.7 Å². The van der Waals surface area contributed by atoms with Crippen molar-refractivity contribution in [2.75, 3.05) is 26.7 Å². The fourth-order valence-corrected chi connectivity index (χ4v) is 3.81.